The van der Waals surface area contributed by atoms with Crippen LogP contribution >= 0.6 is 0 Å². The monoisotopic (exact) mass is 433 g/mol. The molecule has 30 heavy (non-hydrogen) atoms. The number of carbonyl (C=O) groups excluding carboxylic acids is 3. The van der Waals surface area contributed by atoms with Gasteiger partial charge in [-0.3, -0.25) is 14.4 Å². The second kappa shape index (κ2) is 13.9. The van der Waals surface area contributed by atoms with Crippen molar-refractivity contribution < 1.29 is 34.5 Å². The molecule has 0 heterocycles. The highest BCUT2D eigenvalue weighted by atomic mass is 16.4. The number of carboxylic acid groups (broad SMARTS) is 1. The van der Waals surface area contributed by atoms with Gasteiger partial charge < -0.3 is 42.7 Å². The van der Waals surface area contributed by atoms with E-state index in [1.165, 1.54) is 6.92 Å². The number of unbranched alkanes of at least 4 members (excludes halogenated alkanes) is 1. The Morgan fingerprint density at radius 2 is 1.47 bits per heavy atom. The van der Waals surface area contributed by atoms with Crippen molar-refractivity contribution in [3.8, 4) is 0 Å². The number of rotatable bonds is 14. The van der Waals surface area contributed by atoms with Crippen LogP contribution < -0.4 is 27.4 Å². The molecule has 0 bridgehead atoms. The van der Waals surface area contributed by atoms with Gasteiger partial charge in [0.25, 0.3) is 0 Å². The summed E-state index contributed by atoms with van der Waals surface area (Å²) in [7, 11) is 0. The molecule has 3 amide bonds. The van der Waals surface area contributed by atoms with E-state index >= 15 is 0 Å². The molecule has 0 aromatic heterocycles. The number of hydrogen-bond donors (Lipinski definition) is 8. The molecule has 0 radical (unpaired) electrons. The molecule has 174 valence electrons. The van der Waals surface area contributed by atoms with Crippen LogP contribution in [0.2, 0.25) is 0 Å². The Balaban J connectivity index is 5.34. The van der Waals surface area contributed by atoms with Gasteiger partial charge in [0.15, 0.2) is 0 Å². The van der Waals surface area contributed by atoms with Crippen LogP contribution in [-0.4, -0.2) is 82.4 Å². The molecule has 0 aliphatic heterocycles. The Morgan fingerprint density at radius 3 is 1.90 bits per heavy atom. The summed E-state index contributed by atoms with van der Waals surface area (Å²) in [5, 5.41) is 34.7. The molecule has 5 atom stereocenters. The van der Waals surface area contributed by atoms with Gasteiger partial charge >= 0.3 is 5.97 Å². The maximum Gasteiger partial charge on any atom is 0.328 e. The lowest BCUT2D eigenvalue weighted by molar-refractivity contribution is -0.143. The van der Waals surface area contributed by atoms with Gasteiger partial charge in [-0.1, -0.05) is 13.8 Å². The van der Waals surface area contributed by atoms with E-state index in [1.807, 2.05) is 0 Å². The van der Waals surface area contributed by atoms with E-state index in [4.69, 9.17) is 21.7 Å². The minimum atomic E-state index is -1.51. The average molecular weight is 434 g/mol. The molecule has 10 N–H and O–H groups in total. The first kappa shape index (κ1) is 27.7. The SMILES string of the molecule is CC(C)C(NC(=O)C(CCCCN)NC(=O)C(N)C(C)O)C(=O)NC(CO)C(=O)O. The molecule has 0 saturated carbocycles. The van der Waals surface area contributed by atoms with Crippen LogP contribution in [-0.2, 0) is 19.2 Å². The molecule has 5 unspecified atom stereocenters. The van der Waals surface area contributed by atoms with Crippen molar-refractivity contribution in [2.75, 3.05) is 13.2 Å². The first-order chi connectivity index (χ1) is 14.0. The molecule has 0 aliphatic carbocycles. The molecule has 12 nitrogen and oxygen atoms in total. The normalized spacial score (nSPS) is 16.1. The third-order valence-electron chi connectivity index (χ3n) is 4.45. The number of hydrogen-bond acceptors (Lipinski definition) is 8. The van der Waals surface area contributed by atoms with Gasteiger partial charge in [-0.25, -0.2) is 4.79 Å². The van der Waals surface area contributed by atoms with E-state index in [9.17, 15) is 24.3 Å². The summed E-state index contributed by atoms with van der Waals surface area (Å²) in [5.74, 6) is -4.01. The third-order valence-corrected chi connectivity index (χ3v) is 4.45. The maximum atomic E-state index is 12.8. The van der Waals surface area contributed by atoms with Gasteiger partial charge in [-0.2, -0.15) is 0 Å². The van der Waals surface area contributed by atoms with E-state index < -0.39 is 66.5 Å². The van der Waals surface area contributed by atoms with Crippen molar-refractivity contribution in [2.24, 2.45) is 17.4 Å². The summed E-state index contributed by atoms with van der Waals surface area (Å²) < 4.78 is 0. The summed E-state index contributed by atoms with van der Waals surface area (Å²) >= 11 is 0. The van der Waals surface area contributed by atoms with E-state index in [2.05, 4.69) is 16.0 Å². The van der Waals surface area contributed by atoms with E-state index in [1.54, 1.807) is 13.8 Å². The van der Waals surface area contributed by atoms with Gasteiger partial charge in [0.05, 0.1) is 12.7 Å². The number of aliphatic carboxylic acids is 1. The average Bonchev–Trinajstić information content (AvgIpc) is 2.67. The Morgan fingerprint density at radius 1 is 0.900 bits per heavy atom. The van der Waals surface area contributed by atoms with Crippen molar-refractivity contribution in [3.63, 3.8) is 0 Å². The molecule has 0 fully saturated rings. The van der Waals surface area contributed by atoms with Crippen molar-refractivity contribution >= 4 is 23.7 Å². The first-order valence-electron chi connectivity index (χ1n) is 9.84. The smallest absolute Gasteiger partial charge is 0.328 e. The number of nitrogens with one attached hydrogen (secondary N) is 3. The van der Waals surface area contributed by atoms with Crippen LogP contribution in [0.5, 0.6) is 0 Å². The van der Waals surface area contributed by atoms with Crippen LogP contribution in [0.4, 0.5) is 0 Å². The lowest BCUT2D eigenvalue weighted by Gasteiger charge is -2.27. The van der Waals surface area contributed by atoms with Crippen molar-refractivity contribution in [2.45, 2.75) is 70.3 Å². The highest BCUT2D eigenvalue weighted by Crippen LogP contribution is 2.07. The molecule has 0 spiro atoms. The van der Waals surface area contributed by atoms with Crippen LogP contribution in [0, 0.1) is 5.92 Å². The predicted molar refractivity (Wildman–Crippen MR) is 108 cm³/mol. The second-order valence-electron chi connectivity index (χ2n) is 7.42. The zero-order valence-electron chi connectivity index (χ0n) is 17.6. The molecule has 0 aromatic carbocycles. The van der Waals surface area contributed by atoms with Gasteiger partial charge in [-0.15, -0.1) is 0 Å². The lowest BCUT2D eigenvalue weighted by Crippen LogP contribution is -2.59. The third kappa shape index (κ3) is 9.48. The summed E-state index contributed by atoms with van der Waals surface area (Å²) in [6.07, 6.45) is 0.219. The summed E-state index contributed by atoms with van der Waals surface area (Å²) in [4.78, 5) is 48.4. The maximum absolute atomic E-state index is 12.8. The second-order valence-corrected chi connectivity index (χ2v) is 7.42. The number of carboxylic acids is 1. The fourth-order valence-electron chi connectivity index (χ4n) is 2.48. The number of nitrogens with two attached hydrogens (primary N) is 2. The highest BCUT2D eigenvalue weighted by molar-refractivity contribution is 5.94. The Kier molecular flexibility index (Phi) is 12.8. The summed E-state index contributed by atoms with van der Waals surface area (Å²) in [6.45, 7) is 4.21. The zero-order chi connectivity index (χ0) is 23.4. The Bertz CT molecular complexity index is 585. The van der Waals surface area contributed by atoms with Crippen LogP contribution in [0.15, 0.2) is 0 Å². The van der Waals surface area contributed by atoms with E-state index in [0.29, 0.717) is 19.4 Å². The molecular weight excluding hydrogens is 398 g/mol. The Hall–Kier alpha value is -2.28. The summed E-state index contributed by atoms with van der Waals surface area (Å²) in [5.41, 5.74) is 11.1. The fourth-order valence-corrected chi connectivity index (χ4v) is 2.48. The quantitative estimate of drug-likeness (QED) is 0.131. The van der Waals surface area contributed by atoms with E-state index in [0.717, 1.165) is 0 Å². The van der Waals surface area contributed by atoms with Crippen LogP contribution in [0.1, 0.15) is 40.0 Å². The standard InChI is InChI=1S/C18H35N5O7/c1-9(2)14(17(28)22-12(8-24)18(29)30)23-15(26)11(6-4-5-7-19)21-16(27)13(20)10(3)25/h9-14,24-25H,4-8,19-20H2,1-3H3,(H,21,27)(H,22,28)(H,23,26)(H,29,30). The van der Waals surface area contributed by atoms with Crippen molar-refractivity contribution in [1.29, 1.82) is 0 Å². The minimum absolute atomic E-state index is 0.224. The summed E-state index contributed by atoms with van der Waals surface area (Å²) in [6, 6.07) is -4.89. The first-order valence-corrected chi connectivity index (χ1v) is 9.84. The molecular formula is C18H35N5O7. The molecule has 0 aromatic rings. The number of amides is 3. The lowest BCUT2D eigenvalue weighted by atomic mass is 10.0. The Labute approximate surface area is 175 Å². The van der Waals surface area contributed by atoms with Crippen molar-refractivity contribution in [3.05, 3.63) is 0 Å². The molecule has 0 aliphatic rings. The van der Waals surface area contributed by atoms with Gasteiger partial charge in [0.2, 0.25) is 17.7 Å². The largest absolute Gasteiger partial charge is 0.480 e. The highest BCUT2D eigenvalue weighted by Gasteiger charge is 2.32. The number of aliphatic hydroxyl groups excluding tert-OH is 2. The van der Waals surface area contributed by atoms with Gasteiger partial charge in [-0.05, 0) is 38.6 Å². The molecule has 12 heteroatoms. The minimum Gasteiger partial charge on any atom is -0.480 e. The van der Waals surface area contributed by atoms with Gasteiger partial charge in [0.1, 0.15) is 24.2 Å². The fraction of sp³-hybridized carbons (Fsp3) is 0.778. The van der Waals surface area contributed by atoms with E-state index in [-0.39, 0.29) is 6.42 Å². The molecule has 0 rings (SSSR count). The number of aliphatic hydroxyl groups is 2. The number of carbonyl (C=O) groups is 4. The van der Waals surface area contributed by atoms with Crippen LogP contribution in [0.3, 0.4) is 0 Å². The molecule has 0 saturated heterocycles. The van der Waals surface area contributed by atoms with Crippen LogP contribution in [0.25, 0.3) is 0 Å². The topological polar surface area (TPSA) is 217 Å². The zero-order valence-corrected chi connectivity index (χ0v) is 17.6. The van der Waals surface area contributed by atoms with Crippen molar-refractivity contribution in [1.82, 2.24) is 16.0 Å². The van der Waals surface area contributed by atoms with Gasteiger partial charge in [0, 0.05) is 0 Å². The predicted octanol–water partition coefficient (Wildman–Crippen LogP) is -2.99.